The van der Waals surface area contributed by atoms with Gasteiger partial charge in [0.05, 0.1) is 5.92 Å². The van der Waals surface area contributed by atoms with Crippen LogP contribution in [0, 0.1) is 11.8 Å². The minimum atomic E-state index is -0.257. The van der Waals surface area contributed by atoms with E-state index in [-0.39, 0.29) is 23.7 Å². The van der Waals surface area contributed by atoms with Crippen molar-refractivity contribution in [2.45, 2.75) is 47.0 Å². The second kappa shape index (κ2) is 9.36. The third-order valence-corrected chi connectivity index (χ3v) is 4.44. The SMILES string of the molecule is CC(C)Cc1ccc(C(C)C(=O)Nc2cccc(NC(=O)C(C)C)c2)cc1. The van der Waals surface area contributed by atoms with Gasteiger partial charge in [-0.3, -0.25) is 9.59 Å². The van der Waals surface area contributed by atoms with Gasteiger partial charge in [-0.1, -0.05) is 58.0 Å². The van der Waals surface area contributed by atoms with Crippen molar-refractivity contribution in [1.29, 1.82) is 0 Å². The molecule has 2 aromatic carbocycles. The Morgan fingerprint density at radius 2 is 1.37 bits per heavy atom. The molecule has 0 spiro atoms. The van der Waals surface area contributed by atoms with Crippen molar-refractivity contribution >= 4 is 23.2 Å². The molecule has 0 saturated heterocycles. The van der Waals surface area contributed by atoms with E-state index in [2.05, 4.69) is 36.6 Å². The van der Waals surface area contributed by atoms with Crippen LogP contribution in [0.15, 0.2) is 48.5 Å². The highest BCUT2D eigenvalue weighted by molar-refractivity contribution is 5.97. The van der Waals surface area contributed by atoms with Crippen molar-refractivity contribution in [3.63, 3.8) is 0 Å². The molecule has 0 aromatic heterocycles. The first kappa shape index (κ1) is 20.7. The molecule has 2 rings (SSSR count). The third kappa shape index (κ3) is 6.24. The van der Waals surface area contributed by atoms with Gasteiger partial charge in [-0.2, -0.15) is 0 Å². The van der Waals surface area contributed by atoms with Crippen LogP contribution < -0.4 is 10.6 Å². The van der Waals surface area contributed by atoms with Gasteiger partial charge in [-0.15, -0.1) is 0 Å². The summed E-state index contributed by atoms with van der Waals surface area (Å²) in [6, 6.07) is 15.5. The van der Waals surface area contributed by atoms with E-state index in [1.807, 2.05) is 51.1 Å². The largest absolute Gasteiger partial charge is 0.326 e. The minimum Gasteiger partial charge on any atom is -0.326 e. The topological polar surface area (TPSA) is 58.2 Å². The van der Waals surface area contributed by atoms with Crippen LogP contribution in [0.4, 0.5) is 11.4 Å². The van der Waals surface area contributed by atoms with Crippen LogP contribution in [-0.4, -0.2) is 11.8 Å². The van der Waals surface area contributed by atoms with E-state index >= 15 is 0 Å². The Kier molecular flexibility index (Phi) is 7.17. The number of carbonyl (C=O) groups is 2. The van der Waals surface area contributed by atoms with Crippen LogP contribution in [0.5, 0.6) is 0 Å². The number of hydrogen-bond donors (Lipinski definition) is 2. The number of hydrogen-bond acceptors (Lipinski definition) is 2. The maximum atomic E-state index is 12.6. The average Bonchev–Trinajstić information content (AvgIpc) is 2.61. The van der Waals surface area contributed by atoms with E-state index in [1.54, 1.807) is 6.07 Å². The maximum absolute atomic E-state index is 12.6. The molecular formula is C23H30N2O2. The second-order valence-electron chi connectivity index (χ2n) is 7.78. The van der Waals surface area contributed by atoms with Crippen molar-refractivity contribution in [3.05, 3.63) is 59.7 Å². The molecule has 4 nitrogen and oxygen atoms in total. The first-order valence-corrected chi connectivity index (χ1v) is 9.57. The average molecular weight is 367 g/mol. The zero-order chi connectivity index (χ0) is 20.0. The molecule has 2 N–H and O–H groups in total. The lowest BCUT2D eigenvalue weighted by molar-refractivity contribution is -0.119. The number of rotatable bonds is 7. The molecule has 0 radical (unpaired) electrons. The zero-order valence-electron chi connectivity index (χ0n) is 16.9. The van der Waals surface area contributed by atoms with E-state index in [0.717, 1.165) is 12.0 Å². The molecule has 1 unspecified atom stereocenters. The van der Waals surface area contributed by atoms with Crippen molar-refractivity contribution in [2.24, 2.45) is 11.8 Å². The summed E-state index contributed by atoms with van der Waals surface area (Å²) in [4.78, 5) is 24.5. The van der Waals surface area contributed by atoms with Gasteiger partial charge >= 0.3 is 0 Å². The highest BCUT2D eigenvalue weighted by Crippen LogP contribution is 2.21. The molecule has 0 fully saturated rings. The molecule has 2 amide bonds. The van der Waals surface area contributed by atoms with Gasteiger partial charge in [0.2, 0.25) is 11.8 Å². The van der Waals surface area contributed by atoms with Gasteiger partial charge in [0.15, 0.2) is 0 Å². The molecule has 0 aliphatic heterocycles. The van der Waals surface area contributed by atoms with Gasteiger partial charge in [-0.05, 0) is 48.6 Å². The number of amides is 2. The molecule has 0 bridgehead atoms. The Balaban J connectivity index is 2.02. The minimum absolute atomic E-state index is 0.0478. The smallest absolute Gasteiger partial charge is 0.231 e. The first-order chi connectivity index (χ1) is 12.8. The predicted octanol–water partition coefficient (Wildman–Crippen LogP) is 5.22. The summed E-state index contributed by atoms with van der Waals surface area (Å²) in [6.07, 6.45) is 1.04. The standard InChI is InChI=1S/C23H30N2O2/c1-15(2)13-18-9-11-19(12-10-18)17(5)23(27)25-21-8-6-7-20(14-21)24-22(26)16(3)4/h6-12,14-17H,13H2,1-5H3,(H,24,26)(H,25,27). The summed E-state index contributed by atoms with van der Waals surface area (Å²) < 4.78 is 0. The lowest BCUT2D eigenvalue weighted by atomic mass is 9.96. The van der Waals surface area contributed by atoms with E-state index < -0.39 is 0 Å². The van der Waals surface area contributed by atoms with Gasteiger partial charge in [-0.25, -0.2) is 0 Å². The first-order valence-electron chi connectivity index (χ1n) is 9.57. The van der Waals surface area contributed by atoms with E-state index in [1.165, 1.54) is 5.56 Å². The molecular weight excluding hydrogens is 336 g/mol. The molecule has 2 aromatic rings. The summed E-state index contributed by atoms with van der Waals surface area (Å²) >= 11 is 0. The predicted molar refractivity (Wildman–Crippen MR) is 112 cm³/mol. The monoisotopic (exact) mass is 366 g/mol. The van der Waals surface area contributed by atoms with Crippen LogP contribution in [0.25, 0.3) is 0 Å². The van der Waals surface area contributed by atoms with Crippen molar-refractivity contribution in [3.8, 4) is 0 Å². The van der Waals surface area contributed by atoms with E-state index in [4.69, 9.17) is 0 Å². The maximum Gasteiger partial charge on any atom is 0.231 e. The highest BCUT2D eigenvalue weighted by Gasteiger charge is 2.16. The van der Waals surface area contributed by atoms with Gasteiger partial charge in [0.1, 0.15) is 0 Å². The van der Waals surface area contributed by atoms with Crippen LogP contribution in [0.2, 0.25) is 0 Å². The quantitative estimate of drug-likeness (QED) is 0.705. The highest BCUT2D eigenvalue weighted by atomic mass is 16.2. The molecule has 1 atom stereocenters. The van der Waals surface area contributed by atoms with E-state index in [9.17, 15) is 9.59 Å². The van der Waals surface area contributed by atoms with Crippen LogP contribution >= 0.6 is 0 Å². The summed E-state index contributed by atoms with van der Waals surface area (Å²) in [6.45, 7) is 9.98. The summed E-state index contributed by atoms with van der Waals surface area (Å²) in [5.74, 6) is 0.140. The normalized spacial score (nSPS) is 12.1. The van der Waals surface area contributed by atoms with Gasteiger partial charge in [0.25, 0.3) is 0 Å². The lowest BCUT2D eigenvalue weighted by Gasteiger charge is -2.15. The summed E-state index contributed by atoms with van der Waals surface area (Å²) in [5.41, 5.74) is 3.63. The van der Waals surface area contributed by atoms with Gasteiger partial charge in [0, 0.05) is 17.3 Å². The fraction of sp³-hybridized carbons (Fsp3) is 0.391. The number of carbonyl (C=O) groups excluding carboxylic acids is 2. The molecule has 0 aliphatic carbocycles. The molecule has 0 aliphatic rings. The molecule has 0 heterocycles. The molecule has 0 saturated carbocycles. The molecule has 144 valence electrons. The zero-order valence-corrected chi connectivity index (χ0v) is 16.9. The number of anilines is 2. The van der Waals surface area contributed by atoms with Crippen molar-refractivity contribution in [2.75, 3.05) is 10.6 Å². The number of nitrogens with one attached hydrogen (secondary N) is 2. The Labute approximate surface area is 162 Å². The van der Waals surface area contributed by atoms with Crippen molar-refractivity contribution < 1.29 is 9.59 Å². The third-order valence-electron chi connectivity index (χ3n) is 4.44. The Morgan fingerprint density at radius 3 is 1.89 bits per heavy atom. The molecule has 4 heteroatoms. The summed E-state index contributed by atoms with van der Waals surface area (Å²) in [5, 5.41) is 5.79. The fourth-order valence-electron chi connectivity index (χ4n) is 2.78. The second-order valence-corrected chi connectivity index (χ2v) is 7.78. The number of benzene rings is 2. The summed E-state index contributed by atoms with van der Waals surface area (Å²) in [7, 11) is 0. The van der Waals surface area contributed by atoms with Crippen LogP contribution in [0.1, 0.15) is 51.7 Å². The van der Waals surface area contributed by atoms with E-state index in [0.29, 0.717) is 17.3 Å². The molecule has 27 heavy (non-hydrogen) atoms. The van der Waals surface area contributed by atoms with Crippen molar-refractivity contribution in [1.82, 2.24) is 0 Å². The Morgan fingerprint density at radius 1 is 0.815 bits per heavy atom. The Bertz CT molecular complexity index is 779. The fourth-order valence-corrected chi connectivity index (χ4v) is 2.78. The van der Waals surface area contributed by atoms with Crippen LogP contribution in [0.3, 0.4) is 0 Å². The lowest BCUT2D eigenvalue weighted by Crippen LogP contribution is -2.20. The van der Waals surface area contributed by atoms with Crippen LogP contribution in [-0.2, 0) is 16.0 Å². The Hall–Kier alpha value is -2.62. The van der Waals surface area contributed by atoms with Gasteiger partial charge < -0.3 is 10.6 Å².